The Morgan fingerprint density at radius 2 is 1.95 bits per heavy atom. The largest absolute Gasteiger partial charge is 0.381 e. The molecule has 1 heterocycles. The molecule has 0 aliphatic rings. The first kappa shape index (κ1) is 16.2. The fourth-order valence-electron chi connectivity index (χ4n) is 2.33. The molecule has 1 aromatic rings. The minimum atomic E-state index is 0.346. The van der Waals surface area contributed by atoms with Crippen molar-refractivity contribution in [2.75, 3.05) is 19.8 Å². The number of hydrogen-bond donors (Lipinski definition) is 1. The predicted molar refractivity (Wildman–Crippen MR) is 79.4 cm³/mol. The van der Waals surface area contributed by atoms with Crippen molar-refractivity contribution in [3.63, 3.8) is 0 Å². The first-order valence-electron chi connectivity index (χ1n) is 7.24. The molecule has 4 nitrogen and oxygen atoms in total. The van der Waals surface area contributed by atoms with Crippen molar-refractivity contribution in [3.05, 3.63) is 17.0 Å². The molecule has 1 rings (SSSR count). The fraction of sp³-hybridized carbons (Fsp3) is 0.800. The van der Waals surface area contributed by atoms with Gasteiger partial charge in [0.2, 0.25) is 0 Å². The molecule has 0 saturated carbocycles. The van der Waals surface area contributed by atoms with Crippen LogP contribution >= 0.6 is 0 Å². The lowest BCUT2D eigenvalue weighted by molar-refractivity contribution is 0.107. The highest BCUT2D eigenvalue weighted by Gasteiger charge is 2.15. The van der Waals surface area contributed by atoms with E-state index >= 15 is 0 Å². The molecule has 1 N–H and O–H groups in total. The van der Waals surface area contributed by atoms with Gasteiger partial charge in [0.25, 0.3) is 0 Å². The van der Waals surface area contributed by atoms with Crippen molar-refractivity contribution in [1.29, 1.82) is 0 Å². The lowest BCUT2D eigenvalue weighted by atomic mass is 10.1. The maximum Gasteiger partial charge on any atom is 0.0644 e. The summed E-state index contributed by atoms with van der Waals surface area (Å²) in [6.07, 6.45) is 1.05. The number of aromatic nitrogens is 2. The normalized spacial score (nSPS) is 13.2. The van der Waals surface area contributed by atoms with E-state index in [-0.39, 0.29) is 0 Å². The Kier molecular flexibility index (Phi) is 6.52. The number of hydrogen-bond acceptors (Lipinski definition) is 3. The second kappa shape index (κ2) is 7.65. The number of nitrogens with zero attached hydrogens (tertiary/aromatic N) is 2. The van der Waals surface area contributed by atoms with Crippen LogP contribution in [0.4, 0.5) is 0 Å². The average Bonchev–Trinajstić information content (AvgIpc) is 2.57. The van der Waals surface area contributed by atoms with E-state index in [0.717, 1.165) is 31.9 Å². The molecule has 0 radical (unpaired) electrons. The first-order valence-corrected chi connectivity index (χ1v) is 7.24. The number of rotatable bonds is 8. The minimum absolute atomic E-state index is 0.346. The summed E-state index contributed by atoms with van der Waals surface area (Å²) in [7, 11) is 2.00. The third kappa shape index (κ3) is 4.96. The topological polar surface area (TPSA) is 39.1 Å². The van der Waals surface area contributed by atoms with Gasteiger partial charge in [0.05, 0.1) is 5.69 Å². The van der Waals surface area contributed by atoms with Crippen LogP contribution in [-0.4, -0.2) is 29.5 Å². The second-order valence-corrected chi connectivity index (χ2v) is 5.71. The number of ether oxygens (including phenoxy) is 1. The molecular weight excluding hydrogens is 238 g/mol. The van der Waals surface area contributed by atoms with Crippen LogP contribution < -0.4 is 5.32 Å². The van der Waals surface area contributed by atoms with Crippen LogP contribution in [0.1, 0.15) is 50.2 Å². The van der Waals surface area contributed by atoms with Gasteiger partial charge in [-0.3, -0.25) is 4.68 Å². The average molecular weight is 267 g/mol. The summed E-state index contributed by atoms with van der Waals surface area (Å²) in [5.41, 5.74) is 3.69. The Balaban J connectivity index is 2.29. The van der Waals surface area contributed by atoms with Gasteiger partial charge >= 0.3 is 0 Å². The fourth-order valence-corrected chi connectivity index (χ4v) is 2.33. The van der Waals surface area contributed by atoms with Crippen molar-refractivity contribution in [1.82, 2.24) is 15.1 Å². The van der Waals surface area contributed by atoms with Crippen molar-refractivity contribution in [2.45, 2.75) is 47.1 Å². The summed E-state index contributed by atoms with van der Waals surface area (Å²) in [5.74, 6) is 0.618. The molecule has 0 aliphatic heterocycles. The molecule has 0 spiro atoms. The molecule has 0 aromatic carbocycles. The van der Waals surface area contributed by atoms with Gasteiger partial charge in [-0.15, -0.1) is 0 Å². The van der Waals surface area contributed by atoms with Gasteiger partial charge in [-0.05, 0) is 39.7 Å². The SMILES string of the molecule is Cc1nn(C)c(C)c1C(C)NCCCOCC(C)C. The highest BCUT2D eigenvalue weighted by molar-refractivity contribution is 5.27. The summed E-state index contributed by atoms with van der Waals surface area (Å²) >= 11 is 0. The standard InChI is InChI=1S/C15H29N3O/c1-11(2)10-19-9-7-8-16-12(3)15-13(4)17-18(6)14(15)5/h11-12,16H,7-10H2,1-6H3. The summed E-state index contributed by atoms with van der Waals surface area (Å²) in [5, 5.41) is 8.01. The quantitative estimate of drug-likeness (QED) is 0.736. The van der Waals surface area contributed by atoms with E-state index in [0.29, 0.717) is 12.0 Å². The zero-order chi connectivity index (χ0) is 14.4. The molecule has 110 valence electrons. The molecule has 0 saturated heterocycles. The Morgan fingerprint density at radius 3 is 2.47 bits per heavy atom. The van der Waals surface area contributed by atoms with Gasteiger partial charge in [-0.1, -0.05) is 13.8 Å². The molecule has 1 aromatic heterocycles. The van der Waals surface area contributed by atoms with E-state index in [1.807, 2.05) is 11.7 Å². The van der Waals surface area contributed by atoms with Gasteiger partial charge in [-0.25, -0.2) is 0 Å². The highest BCUT2D eigenvalue weighted by atomic mass is 16.5. The molecule has 0 amide bonds. The van der Waals surface area contributed by atoms with Gasteiger partial charge in [0, 0.05) is 37.6 Å². The third-order valence-corrected chi connectivity index (χ3v) is 3.37. The predicted octanol–water partition coefficient (Wildman–Crippen LogP) is 2.75. The molecule has 19 heavy (non-hydrogen) atoms. The summed E-state index contributed by atoms with van der Waals surface area (Å²) in [4.78, 5) is 0. The Morgan fingerprint density at radius 1 is 1.26 bits per heavy atom. The summed E-state index contributed by atoms with van der Waals surface area (Å²) < 4.78 is 7.53. The molecule has 0 aliphatic carbocycles. The van der Waals surface area contributed by atoms with Gasteiger partial charge in [0.15, 0.2) is 0 Å². The van der Waals surface area contributed by atoms with E-state index in [1.54, 1.807) is 0 Å². The van der Waals surface area contributed by atoms with Crippen molar-refractivity contribution < 1.29 is 4.74 Å². The third-order valence-electron chi connectivity index (χ3n) is 3.37. The lowest BCUT2D eigenvalue weighted by Gasteiger charge is -2.15. The number of aryl methyl sites for hydroxylation is 2. The lowest BCUT2D eigenvalue weighted by Crippen LogP contribution is -2.22. The minimum Gasteiger partial charge on any atom is -0.381 e. The summed E-state index contributed by atoms with van der Waals surface area (Å²) in [6.45, 7) is 13.4. The Bertz CT molecular complexity index is 385. The van der Waals surface area contributed by atoms with E-state index < -0.39 is 0 Å². The zero-order valence-electron chi connectivity index (χ0n) is 13.3. The van der Waals surface area contributed by atoms with Crippen LogP contribution in [-0.2, 0) is 11.8 Å². The molecule has 1 atom stereocenters. The second-order valence-electron chi connectivity index (χ2n) is 5.71. The van der Waals surface area contributed by atoms with Crippen molar-refractivity contribution in [3.8, 4) is 0 Å². The molecule has 4 heteroatoms. The zero-order valence-corrected chi connectivity index (χ0v) is 13.3. The van der Waals surface area contributed by atoms with Crippen LogP contribution in [0.15, 0.2) is 0 Å². The molecule has 0 fully saturated rings. The van der Waals surface area contributed by atoms with E-state index in [1.165, 1.54) is 11.3 Å². The number of nitrogens with one attached hydrogen (secondary N) is 1. The monoisotopic (exact) mass is 267 g/mol. The van der Waals surface area contributed by atoms with E-state index in [9.17, 15) is 0 Å². The van der Waals surface area contributed by atoms with Crippen LogP contribution in [0.5, 0.6) is 0 Å². The smallest absolute Gasteiger partial charge is 0.0644 e. The highest BCUT2D eigenvalue weighted by Crippen LogP contribution is 2.20. The van der Waals surface area contributed by atoms with Crippen LogP contribution in [0.3, 0.4) is 0 Å². The summed E-state index contributed by atoms with van der Waals surface area (Å²) in [6, 6.07) is 0.346. The van der Waals surface area contributed by atoms with Gasteiger partial charge < -0.3 is 10.1 Å². The Hall–Kier alpha value is -0.870. The van der Waals surface area contributed by atoms with Gasteiger partial charge in [0.1, 0.15) is 0 Å². The molecule has 1 unspecified atom stereocenters. The van der Waals surface area contributed by atoms with Crippen LogP contribution in [0.2, 0.25) is 0 Å². The van der Waals surface area contributed by atoms with Gasteiger partial charge in [-0.2, -0.15) is 5.10 Å². The maximum absolute atomic E-state index is 5.58. The first-order chi connectivity index (χ1) is 8.93. The Labute approximate surface area is 117 Å². The van der Waals surface area contributed by atoms with Crippen molar-refractivity contribution >= 4 is 0 Å². The molecular formula is C15H29N3O. The van der Waals surface area contributed by atoms with E-state index in [4.69, 9.17) is 4.74 Å². The van der Waals surface area contributed by atoms with E-state index in [2.05, 4.69) is 45.0 Å². The molecule has 0 bridgehead atoms. The van der Waals surface area contributed by atoms with Crippen molar-refractivity contribution in [2.24, 2.45) is 13.0 Å². The maximum atomic E-state index is 5.58. The van der Waals surface area contributed by atoms with Crippen LogP contribution in [0.25, 0.3) is 0 Å². The van der Waals surface area contributed by atoms with Crippen LogP contribution in [0, 0.1) is 19.8 Å².